The summed E-state index contributed by atoms with van der Waals surface area (Å²) in [5, 5.41) is 10.1. The first-order valence-electron chi connectivity index (χ1n) is 5.60. The van der Waals surface area contributed by atoms with Crippen molar-refractivity contribution in [3.05, 3.63) is 53.1 Å². The summed E-state index contributed by atoms with van der Waals surface area (Å²) in [6.07, 6.45) is 1.76. The van der Waals surface area contributed by atoms with Gasteiger partial charge in [0.2, 0.25) is 0 Å². The van der Waals surface area contributed by atoms with E-state index in [1.54, 1.807) is 18.3 Å². The third kappa shape index (κ3) is 2.88. The standard InChI is InChI=1S/C14H9BrN2OS/c15-9-1-6-12-13(7-9)17-14(8-16-12)19-11-4-2-10(18)3-5-11/h1-8,18H. The molecule has 1 N–H and O–H groups in total. The molecule has 0 aliphatic carbocycles. The minimum atomic E-state index is 0.262. The smallest absolute Gasteiger partial charge is 0.120 e. The highest BCUT2D eigenvalue weighted by Gasteiger charge is 2.03. The van der Waals surface area contributed by atoms with Crippen LogP contribution in [0.5, 0.6) is 5.75 Å². The number of phenols is 1. The molecule has 0 spiro atoms. The molecule has 0 saturated carbocycles. The molecule has 0 radical (unpaired) electrons. The van der Waals surface area contributed by atoms with Crippen LogP contribution >= 0.6 is 27.7 Å². The molecule has 2 aromatic carbocycles. The van der Waals surface area contributed by atoms with Crippen LogP contribution in [0.3, 0.4) is 0 Å². The van der Waals surface area contributed by atoms with E-state index in [1.165, 1.54) is 11.8 Å². The molecular formula is C14H9BrN2OS. The van der Waals surface area contributed by atoms with Crippen LogP contribution in [0.15, 0.2) is 63.1 Å². The first-order valence-corrected chi connectivity index (χ1v) is 7.21. The third-order valence-corrected chi connectivity index (χ3v) is 3.95. The van der Waals surface area contributed by atoms with Crippen LogP contribution in [-0.2, 0) is 0 Å². The van der Waals surface area contributed by atoms with Crippen molar-refractivity contribution in [3.63, 3.8) is 0 Å². The summed E-state index contributed by atoms with van der Waals surface area (Å²) >= 11 is 4.95. The molecule has 3 nitrogen and oxygen atoms in total. The number of aromatic hydroxyl groups is 1. The summed E-state index contributed by atoms with van der Waals surface area (Å²) in [7, 11) is 0. The zero-order valence-corrected chi connectivity index (χ0v) is 12.1. The van der Waals surface area contributed by atoms with Gasteiger partial charge in [-0.3, -0.25) is 4.98 Å². The molecule has 0 saturated heterocycles. The SMILES string of the molecule is Oc1ccc(Sc2cnc3ccc(Br)cc3n2)cc1. The topological polar surface area (TPSA) is 46.0 Å². The lowest BCUT2D eigenvalue weighted by atomic mass is 10.3. The van der Waals surface area contributed by atoms with Gasteiger partial charge in [0.15, 0.2) is 0 Å². The van der Waals surface area contributed by atoms with Gasteiger partial charge in [0.1, 0.15) is 10.8 Å². The predicted molar refractivity (Wildman–Crippen MR) is 79.5 cm³/mol. The Balaban J connectivity index is 1.94. The Bertz CT molecular complexity index is 731. The van der Waals surface area contributed by atoms with E-state index in [0.717, 1.165) is 25.4 Å². The molecule has 0 bridgehead atoms. The lowest BCUT2D eigenvalue weighted by Gasteiger charge is -2.03. The van der Waals surface area contributed by atoms with Crippen molar-refractivity contribution in [2.24, 2.45) is 0 Å². The van der Waals surface area contributed by atoms with Gasteiger partial charge in [-0.2, -0.15) is 0 Å². The van der Waals surface area contributed by atoms with Crippen molar-refractivity contribution in [1.29, 1.82) is 0 Å². The van der Waals surface area contributed by atoms with E-state index in [4.69, 9.17) is 0 Å². The minimum Gasteiger partial charge on any atom is -0.508 e. The van der Waals surface area contributed by atoms with Crippen molar-refractivity contribution < 1.29 is 5.11 Å². The molecule has 3 rings (SSSR count). The second-order valence-electron chi connectivity index (χ2n) is 3.94. The van der Waals surface area contributed by atoms with Gasteiger partial charge < -0.3 is 5.11 Å². The Morgan fingerprint density at radius 2 is 1.79 bits per heavy atom. The molecule has 1 heterocycles. The number of hydrogen-bond acceptors (Lipinski definition) is 4. The highest BCUT2D eigenvalue weighted by molar-refractivity contribution is 9.10. The number of nitrogens with zero attached hydrogens (tertiary/aromatic N) is 2. The van der Waals surface area contributed by atoms with Gasteiger partial charge in [0.05, 0.1) is 17.2 Å². The average molecular weight is 333 g/mol. The van der Waals surface area contributed by atoms with Gasteiger partial charge in [0.25, 0.3) is 0 Å². The zero-order chi connectivity index (χ0) is 13.2. The number of aromatic nitrogens is 2. The van der Waals surface area contributed by atoms with Gasteiger partial charge >= 0.3 is 0 Å². The van der Waals surface area contributed by atoms with E-state index in [2.05, 4.69) is 25.9 Å². The lowest BCUT2D eigenvalue weighted by Crippen LogP contribution is -1.86. The minimum absolute atomic E-state index is 0.262. The van der Waals surface area contributed by atoms with Crippen molar-refractivity contribution in [3.8, 4) is 5.75 Å². The molecule has 0 aliphatic heterocycles. The highest BCUT2D eigenvalue weighted by atomic mass is 79.9. The fourth-order valence-corrected chi connectivity index (χ4v) is 2.76. The number of hydrogen-bond donors (Lipinski definition) is 1. The van der Waals surface area contributed by atoms with Crippen LogP contribution in [0.4, 0.5) is 0 Å². The maximum Gasteiger partial charge on any atom is 0.120 e. The maximum atomic E-state index is 9.25. The number of phenolic OH excluding ortho intramolecular Hbond substituents is 1. The second-order valence-corrected chi connectivity index (χ2v) is 5.95. The lowest BCUT2D eigenvalue weighted by molar-refractivity contribution is 0.475. The average Bonchev–Trinajstić information content (AvgIpc) is 2.41. The van der Waals surface area contributed by atoms with Crippen molar-refractivity contribution in [2.75, 3.05) is 0 Å². The van der Waals surface area contributed by atoms with Gasteiger partial charge in [-0.15, -0.1) is 0 Å². The Labute approximate surface area is 122 Å². The van der Waals surface area contributed by atoms with E-state index < -0.39 is 0 Å². The highest BCUT2D eigenvalue weighted by Crippen LogP contribution is 2.28. The molecule has 0 fully saturated rings. The molecule has 0 aliphatic rings. The molecule has 5 heteroatoms. The summed E-state index contributed by atoms with van der Waals surface area (Å²) in [4.78, 5) is 9.96. The second kappa shape index (κ2) is 5.19. The number of fused-ring (bicyclic) bond motifs is 1. The first-order chi connectivity index (χ1) is 9.20. The molecule has 0 amide bonds. The maximum absolute atomic E-state index is 9.25. The number of benzene rings is 2. The fourth-order valence-electron chi connectivity index (χ4n) is 1.65. The monoisotopic (exact) mass is 332 g/mol. The van der Waals surface area contributed by atoms with E-state index in [0.29, 0.717) is 0 Å². The predicted octanol–water partition coefficient (Wildman–Crippen LogP) is 4.25. The van der Waals surface area contributed by atoms with Crippen LogP contribution in [0.25, 0.3) is 11.0 Å². The third-order valence-electron chi connectivity index (χ3n) is 2.54. The van der Waals surface area contributed by atoms with E-state index in [9.17, 15) is 5.11 Å². The van der Waals surface area contributed by atoms with Crippen molar-refractivity contribution >= 4 is 38.7 Å². The van der Waals surface area contributed by atoms with Gasteiger partial charge in [-0.05, 0) is 42.5 Å². The van der Waals surface area contributed by atoms with Crippen LogP contribution in [0, 0.1) is 0 Å². The summed E-state index contributed by atoms with van der Waals surface area (Å²) < 4.78 is 0.987. The molecule has 19 heavy (non-hydrogen) atoms. The Hall–Kier alpha value is -1.59. The molecular weight excluding hydrogens is 324 g/mol. The normalized spacial score (nSPS) is 10.8. The summed E-state index contributed by atoms with van der Waals surface area (Å²) in [5.41, 5.74) is 1.73. The largest absolute Gasteiger partial charge is 0.508 e. The van der Waals surface area contributed by atoms with Crippen LogP contribution in [0.2, 0.25) is 0 Å². The van der Waals surface area contributed by atoms with Gasteiger partial charge in [-0.25, -0.2) is 4.98 Å². The van der Waals surface area contributed by atoms with E-state index in [-0.39, 0.29) is 5.75 Å². The van der Waals surface area contributed by atoms with Gasteiger partial charge in [0, 0.05) is 9.37 Å². The Morgan fingerprint density at radius 3 is 2.58 bits per heavy atom. The zero-order valence-electron chi connectivity index (χ0n) is 9.75. The fraction of sp³-hybridized carbons (Fsp3) is 0. The van der Waals surface area contributed by atoms with Crippen LogP contribution < -0.4 is 0 Å². The molecule has 1 aromatic heterocycles. The van der Waals surface area contributed by atoms with Crippen molar-refractivity contribution in [1.82, 2.24) is 9.97 Å². The van der Waals surface area contributed by atoms with Crippen LogP contribution in [-0.4, -0.2) is 15.1 Å². The van der Waals surface area contributed by atoms with E-state index in [1.807, 2.05) is 30.3 Å². The summed E-state index contributed by atoms with van der Waals surface area (Å²) in [6.45, 7) is 0. The summed E-state index contributed by atoms with van der Waals surface area (Å²) in [5.74, 6) is 0.262. The Kier molecular flexibility index (Phi) is 3.40. The van der Waals surface area contributed by atoms with E-state index >= 15 is 0 Å². The molecule has 3 aromatic rings. The molecule has 94 valence electrons. The molecule has 0 unspecified atom stereocenters. The quantitative estimate of drug-likeness (QED) is 0.762. The number of halogens is 1. The molecule has 0 atom stereocenters. The van der Waals surface area contributed by atoms with Gasteiger partial charge in [-0.1, -0.05) is 27.7 Å². The van der Waals surface area contributed by atoms with Crippen LogP contribution in [0.1, 0.15) is 0 Å². The Morgan fingerprint density at radius 1 is 1.00 bits per heavy atom. The first kappa shape index (κ1) is 12.4. The summed E-state index contributed by atoms with van der Waals surface area (Å²) in [6, 6.07) is 12.9. The van der Waals surface area contributed by atoms with Crippen molar-refractivity contribution in [2.45, 2.75) is 9.92 Å². The number of rotatable bonds is 2.